The van der Waals surface area contributed by atoms with Crippen molar-refractivity contribution >= 4 is 66.6 Å². The van der Waals surface area contributed by atoms with E-state index in [0.29, 0.717) is 15.2 Å². The number of nitrogens with zero attached hydrogens (tertiary/aromatic N) is 1. The van der Waals surface area contributed by atoms with Gasteiger partial charge in [-0.3, -0.25) is 4.72 Å². The molecule has 21 heavy (non-hydrogen) atoms. The highest BCUT2D eigenvalue weighted by atomic mass is 79.9. The molecule has 112 valence electrons. The lowest BCUT2D eigenvalue weighted by Crippen LogP contribution is -2.15. The van der Waals surface area contributed by atoms with Gasteiger partial charge in [-0.15, -0.1) is 0 Å². The van der Waals surface area contributed by atoms with Crippen molar-refractivity contribution in [3.63, 3.8) is 0 Å². The van der Waals surface area contributed by atoms with Gasteiger partial charge in [-0.2, -0.15) is 0 Å². The molecule has 0 aliphatic rings. The third-order valence-electron chi connectivity index (χ3n) is 2.52. The minimum atomic E-state index is -3.91. The van der Waals surface area contributed by atoms with E-state index >= 15 is 0 Å². The number of pyridine rings is 1. The summed E-state index contributed by atoms with van der Waals surface area (Å²) < 4.78 is 27.7. The van der Waals surface area contributed by atoms with Gasteiger partial charge < -0.3 is 0 Å². The van der Waals surface area contributed by atoms with Crippen LogP contribution in [0.3, 0.4) is 0 Å². The minimum Gasteiger partial charge on any atom is -0.262 e. The molecule has 0 radical (unpaired) electrons. The van der Waals surface area contributed by atoms with E-state index in [2.05, 4.69) is 25.6 Å². The van der Waals surface area contributed by atoms with E-state index in [0.717, 1.165) is 0 Å². The fourth-order valence-corrected chi connectivity index (χ4v) is 4.03. The van der Waals surface area contributed by atoms with Gasteiger partial charge in [0.1, 0.15) is 4.90 Å². The first-order valence-corrected chi connectivity index (χ1v) is 8.92. The monoisotopic (exact) mass is 428 g/mol. The lowest BCUT2D eigenvalue weighted by atomic mass is 10.4. The number of anilines is 1. The Bertz CT molecular complexity index is 812. The second-order valence-corrected chi connectivity index (χ2v) is 7.85. The molecule has 0 aliphatic heterocycles. The Kier molecular flexibility index (Phi) is 5.05. The number of benzene rings is 1. The first-order valence-electron chi connectivity index (χ1n) is 5.51. The topological polar surface area (TPSA) is 59.1 Å². The zero-order valence-electron chi connectivity index (χ0n) is 10.5. The van der Waals surface area contributed by atoms with E-state index in [1.807, 2.05) is 0 Å². The van der Waals surface area contributed by atoms with Crippen molar-refractivity contribution in [3.8, 4) is 0 Å². The second-order valence-electron chi connectivity index (χ2n) is 4.07. The highest BCUT2D eigenvalue weighted by molar-refractivity contribution is 9.10. The van der Waals surface area contributed by atoms with Crippen molar-refractivity contribution in [2.75, 3.05) is 4.72 Å². The molecule has 2 rings (SSSR count). The average molecular weight is 431 g/mol. The van der Waals surface area contributed by atoms with Gasteiger partial charge in [0.25, 0.3) is 10.0 Å². The summed E-state index contributed by atoms with van der Waals surface area (Å²) in [6.07, 6.45) is 0. The summed E-state index contributed by atoms with van der Waals surface area (Å²) in [6.45, 7) is 1.64. The molecular weight excluding hydrogens is 422 g/mol. The molecule has 0 bridgehead atoms. The average Bonchev–Trinajstić information content (AvgIpc) is 2.35. The predicted octanol–water partition coefficient (Wildman–Crippen LogP) is 4.91. The fraction of sp³-hybridized carbons (Fsp3) is 0.0833. The number of aryl methyl sites for hydroxylation is 1. The number of hydrogen-bond acceptors (Lipinski definition) is 3. The van der Waals surface area contributed by atoms with Crippen molar-refractivity contribution in [2.24, 2.45) is 0 Å². The lowest BCUT2D eigenvalue weighted by Gasteiger charge is -2.11. The molecule has 0 spiro atoms. The first kappa shape index (κ1) is 16.8. The van der Waals surface area contributed by atoms with Crippen LogP contribution in [0.1, 0.15) is 5.69 Å². The maximum atomic E-state index is 12.3. The van der Waals surface area contributed by atoms with Crippen molar-refractivity contribution < 1.29 is 8.42 Å². The van der Waals surface area contributed by atoms with Gasteiger partial charge in [0.15, 0.2) is 5.82 Å². The third kappa shape index (κ3) is 3.81. The van der Waals surface area contributed by atoms with Crippen LogP contribution >= 0.6 is 50.7 Å². The Labute approximate surface area is 145 Å². The molecule has 4 nitrogen and oxygen atoms in total. The molecule has 0 aliphatic carbocycles. The van der Waals surface area contributed by atoms with Crippen molar-refractivity contribution in [1.29, 1.82) is 0 Å². The molecule has 1 heterocycles. The molecule has 0 atom stereocenters. The van der Waals surface area contributed by atoms with Gasteiger partial charge in [0.2, 0.25) is 0 Å². The first-order chi connectivity index (χ1) is 9.70. The quantitative estimate of drug-likeness (QED) is 0.752. The Morgan fingerprint density at radius 2 is 1.76 bits per heavy atom. The van der Waals surface area contributed by atoms with Crippen LogP contribution in [-0.2, 0) is 10.0 Å². The van der Waals surface area contributed by atoms with Gasteiger partial charge in [0.05, 0.1) is 20.8 Å². The van der Waals surface area contributed by atoms with Gasteiger partial charge in [0, 0.05) is 4.47 Å². The molecule has 2 aromatic rings. The minimum absolute atomic E-state index is 0.00227. The molecule has 1 aromatic heterocycles. The van der Waals surface area contributed by atoms with Crippen LogP contribution in [0.5, 0.6) is 0 Å². The largest absolute Gasteiger partial charge is 0.264 e. The van der Waals surface area contributed by atoms with Crippen LogP contribution in [0.4, 0.5) is 5.82 Å². The normalized spacial score (nSPS) is 11.5. The van der Waals surface area contributed by atoms with E-state index < -0.39 is 10.0 Å². The summed E-state index contributed by atoms with van der Waals surface area (Å²) in [5, 5.41) is 0.533. The summed E-state index contributed by atoms with van der Waals surface area (Å²) in [6, 6.07) is 5.86. The van der Waals surface area contributed by atoms with Gasteiger partial charge in [-0.25, -0.2) is 13.4 Å². The van der Waals surface area contributed by atoms with Crippen molar-refractivity contribution in [1.82, 2.24) is 4.98 Å². The molecule has 0 fully saturated rings. The van der Waals surface area contributed by atoms with E-state index in [-0.39, 0.29) is 20.8 Å². The fourth-order valence-electron chi connectivity index (χ4n) is 1.51. The Hall–Kier alpha value is -0.530. The zero-order valence-corrected chi connectivity index (χ0v) is 15.2. The van der Waals surface area contributed by atoms with Gasteiger partial charge in [-0.05, 0) is 31.2 Å². The standard InChI is InChI=1S/C12H8BrCl3N2O2S/c1-6-8(14)5-10(16)12(17-6)18-21(19,20)11-3-2-7(13)4-9(11)15/h2-5H,1H3,(H,17,18). The van der Waals surface area contributed by atoms with E-state index in [9.17, 15) is 8.42 Å². The zero-order chi connectivity index (χ0) is 15.8. The van der Waals surface area contributed by atoms with Crippen LogP contribution in [0.15, 0.2) is 33.6 Å². The predicted molar refractivity (Wildman–Crippen MR) is 89.0 cm³/mol. The third-order valence-corrected chi connectivity index (χ3v) is 5.51. The van der Waals surface area contributed by atoms with Crippen LogP contribution in [0.25, 0.3) is 0 Å². The Balaban J connectivity index is 2.45. The van der Waals surface area contributed by atoms with Crippen LogP contribution < -0.4 is 4.72 Å². The molecule has 0 saturated carbocycles. The van der Waals surface area contributed by atoms with Crippen molar-refractivity contribution in [2.45, 2.75) is 11.8 Å². The SMILES string of the molecule is Cc1nc(NS(=O)(=O)c2ccc(Br)cc2Cl)c(Cl)cc1Cl. The van der Waals surface area contributed by atoms with Crippen LogP contribution in [-0.4, -0.2) is 13.4 Å². The van der Waals surface area contributed by atoms with E-state index in [1.54, 1.807) is 13.0 Å². The molecule has 0 saturated heterocycles. The summed E-state index contributed by atoms with van der Waals surface area (Å²) in [5.41, 5.74) is 0.459. The smallest absolute Gasteiger partial charge is 0.262 e. The van der Waals surface area contributed by atoms with Gasteiger partial charge >= 0.3 is 0 Å². The summed E-state index contributed by atoms with van der Waals surface area (Å²) in [4.78, 5) is 3.95. The molecular formula is C12H8BrCl3N2O2S. The number of sulfonamides is 1. The molecule has 9 heteroatoms. The van der Waals surface area contributed by atoms with E-state index in [4.69, 9.17) is 34.8 Å². The number of hydrogen-bond donors (Lipinski definition) is 1. The Morgan fingerprint density at radius 3 is 2.38 bits per heavy atom. The maximum absolute atomic E-state index is 12.3. The second kappa shape index (κ2) is 6.30. The van der Waals surface area contributed by atoms with Crippen molar-refractivity contribution in [3.05, 3.63) is 49.5 Å². The Morgan fingerprint density at radius 1 is 1.10 bits per heavy atom. The van der Waals surface area contributed by atoms with E-state index in [1.165, 1.54) is 18.2 Å². The number of nitrogens with one attached hydrogen (secondary N) is 1. The number of halogens is 4. The van der Waals surface area contributed by atoms with Crippen LogP contribution in [0, 0.1) is 6.92 Å². The lowest BCUT2D eigenvalue weighted by molar-refractivity contribution is 0.601. The highest BCUT2D eigenvalue weighted by Crippen LogP contribution is 2.30. The van der Waals surface area contributed by atoms with Gasteiger partial charge in [-0.1, -0.05) is 50.7 Å². The number of rotatable bonds is 3. The summed E-state index contributed by atoms with van der Waals surface area (Å²) >= 11 is 21.0. The summed E-state index contributed by atoms with van der Waals surface area (Å²) in [5.74, 6) is -0.00227. The van der Waals surface area contributed by atoms with Crippen LogP contribution in [0.2, 0.25) is 15.1 Å². The number of aromatic nitrogens is 1. The molecule has 1 N–H and O–H groups in total. The summed E-state index contributed by atoms with van der Waals surface area (Å²) in [7, 11) is -3.91. The molecule has 1 aromatic carbocycles. The maximum Gasteiger partial charge on any atom is 0.264 e. The molecule has 0 amide bonds. The molecule has 0 unspecified atom stereocenters. The highest BCUT2D eigenvalue weighted by Gasteiger charge is 2.20.